The van der Waals surface area contributed by atoms with Crippen LogP contribution in [0.5, 0.6) is 11.5 Å². The van der Waals surface area contributed by atoms with Gasteiger partial charge in [0, 0.05) is 24.4 Å². The van der Waals surface area contributed by atoms with Crippen LogP contribution in [-0.4, -0.2) is 40.0 Å². The van der Waals surface area contributed by atoms with Gasteiger partial charge in [0.05, 0.1) is 36.0 Å². The number of phenolic OH excluding ortho intramolecular Hbond substituents is 1. The Morgan fingerprint density at radius 3 is 2.61 bits per heavy atom. The predicted octanol–water partition coefficient (Wildman–Crippen LogP) is 3.37. The maximum atomic E-state index is 14.7. The number of aliphatic hydroxyl groups is 1. The summed E-state index contributed by atoms with van der Waals surface area (Å²) in [6.07, 6.45) is 1.46. The number of hydrogen-bond donors (Lipinski definition) is 2. The fraction of sp³-hybridized carbons (Fsp3) is 0.130. The highest BCUT2D eigenvalue weighted by Crippen LogP contribution is 2.36. The second-order valence-electron chi connectivity index (χ2n) is 6.81. The molecule has 31 heavy (non-hydrogen) atoms. The molecule has 1 aromatic heterocycles. The summed E-state index contributed by atoms with van der Waals surface area (Å²) in [5.74, 6) is -1.18. The number of rotatable bonds is 6. The second kappa shape index (κ2) is 8.45. The highest BCUT2D eigenvalue weighted by molar-refractivity contribution is 5.83. The van der Waals surface area contributed by atoms with Gasteiger partial charge in [-0.2, -0.15) is 0 Å². The van der Waals surface area contributed by atoms with Gasteiger partial charge < -0.3 is 19.8 Å². The highest BCUT2D eigenvalue weighted by atomic mass is 19.1. The second-order valence-corrected chi connectivity index (χ2v) is 6.81. The molecule has 0 aliphatic rings. The van der Waals surface area contributed by atoms with Crippen molar-refractivity contribution in [3.63, 3.8) is 0 Å². The van der Waals surface area contributed by atoms with E-state index in [0.717, 1.165) is 0 Å². The molecule has 1 heterocycles. The van der Waals surface area contributed by atoms with E-state index in [-0.39, 0.29) is 30.1 Å². The van der Waals surface area contributed by atoms with Gasteiger partial charge in [-0.05, 0) is 30.3 Å². The number of fused-ring (bicyclic) bond motifs is 1. The number of para-hydroxylation sites is 1. The monoisotopic (exact) mass is 421 g/mol. The van der Waals surface area contributed by atoms with Gasteiger partial charge in [-0.25, -0.2) is 9.37 Å². The van der Waals surface area contributed by atoms with Gasteiger partial charge in [0.15, 0.2) is 11.6 Å². The number of nitrogens with zero attached hydrogens (tertiary/aromatic N) is 3. The highest BCUT2D eigenvalue weighted by Gasteiger charge is 2.19. The van der Waals surface area contributed by atoms with E-state index in [1.165, 1.54) is 35.0 Å². The predicted molar refractivity (Wildman–Crippen MR) is 116 cm³/mol. The van der Waals surface area contributed by atoms with Crippen molar-refractivity contribution in [2.75, 3.05) is 25.2 Å². The number of halogens is 1. The molecule has 4 rings (SSSR count). The van der Waals surface area contributed by atoms with Crippen molar-refractivity contribution in [2.24, 2.45) is 0 Å². The van der Waals surface area contributed by atoms with Crippen LogP contribution in [0.4, 0.5) is 15.8 Å². The Labute approximate surface area is 177 Å². The first kappa shape index (κ1) is 20.4. The molecule has 0 fully saturated rings. The lowest BCUT2D eigenvalue weighted by atomic mass is 10.1. The summed E-state index contributed by atoms with van der Waals surface area (Å²) in [4.78, 5) is 19.0. The number of methoxy groups -OCH3 is 1. The SMILES string of the molecule is COc1cc(O)c(F)c(N(CCO)c2ccc3ncn(-c4ccccc4)c(=O)c3c2)c1. The van der Waals surface area contributed by atoms with Crippen molar-refractivity contribution >= 4 is 22.3 Å². The molecule has 0 unspecified atom stereocenters. The minimum atomic E-state index is -0.859. The number of anilines is 2. The smallest absolute Gasteiger partial charge is 0.265 e. The Kier molecular flexibility index (Phi) is 5.55. The first-order valence-corrected chi connectivity index (χ1v) is 9.55. The number of aliphatic hydroxyl groups excluding tert-OH is 1. The Bertz CT molecular complexity index is 1290. The summed E-state index contributed by atoms with van der Waals surface area (Å²) >= 11 is 0. The van der Waals surface area contributed by atoms with E-state index in [2.05, 4.69) is 4.98 Å². The number of phenols is 1. The molecule has 7 nitrogen and oxygen atoms in total. The Hall–Kier alpha value is -3.91. The summed E-state index contributed by atoms with van der Waals surface area (Å²) in [7, 11) is 1.40. The van der Waals surface area contributed by atoms with E-state index in [4.69, 9.17) is 4.74 Å². The van der Waals surface area contributed by atoms with Crippen LogP contribution in [0.25, 0.3) is 16.6 Å². The Morgan fingerprint density at radius 1 is 1.13 bits per heavy atom. The Balaban J connectivity index is 1.88. The van der Waals surface area contributed by atoms with Gasteiger partial charge in [0.2, 0.25) is 0 Å². The van der Waals surface area contributed by atoms with Crippen LogP contribution in [0, 0.1) is 5.82 Å². The summed E-state index contributed by atoms with van der Waals surface area (Å²) in [6.45, 7) is -0.251. The fourth-order valence-corrected chi connectivity index (χ4v) is 3.42. The molecule has 2 N–H and O–H groups in total. The average Bonchev–Trinajstić information content (AvgIpc) is 2.80. The molecule has 0 aliphatic carbocycles. The molecule has 0 bridgehead atoms. The molecule has 0 atom stereocenters. The minimum absolute atomic E-state index is 0.0116. The lowest BCUT2D eigenvalue weighted by Gasteiger charge is -2.25. The molecule has 0 radical (unpaired) electrons. The molecule has 0 saturated carbocycles. The van der Waals surface area contributed by atoms with Gasteiger partial charge in [0.1, 0.15) is 12.1 Å². The van der Waals surface area contributed by atoms with Crippen LogP contribution < -0.4 is 15.2 Å². The number of aromatic nitrogens is 2. The van der Waals surface area contributed by atoms with Gasteiger partial charge >= 0.3 is 0 Å². The average molecular weight is 421 g/mol. The minimum Gasteiger partial charge on any atom is -0.505 e. The third kappa shape index (κ3) is 3.80. The normalized spacial score (nSPS) is 10.9. The quantitative estimate of drug-likeness (QED) is 0.496. The molecule has 0 saturated heterocycles. The van der Waals surface area contributed by atoms with E-state index in [1.54, 1.807) is 30.3 Å². The molecule has 0 aliphatic heterocycles. The maximum absolute atomic E-state index is 14.7. The van der Waals surface area contributed by atoms with Gasteiger partial charge in [-0.1, -0.05) is 18.2 Å². The zero-order valence-corrected chi connectivity index (χ0v) is 16.7. The molecule has 8 heteroatoms. The van der Waals surface area contributed by atoms with Gasteiger partial charge in [-0.15, -0.1) is 0 Å². The molecule has 3 aromatic carbocycles. The summed E-state index contributed by atoms with van der Waals surface area (Å²) in [5.41, 5.74) is 1.34. The van der Waals surface area contributed by atoms with Crippen LogP contribution in [0.1, 0.15) is 0 Å². The Morgan fingerprint density at radius 2 is 1.90 bits per heavy atom. The fourth-order valence-electron chi connectivity index (χ4n) is 3.42. The summed E-state index contributed by atoms with van der Waals surface area (Å²) in [5, 5.41) is 19.9. The van der Waals surface area contributed by atoms with Crippen molar-refractivity contribution in [1.82, 2.24) is 9.55 Å². The third-order valence-corrected chi connectivity index (χ3v) is 4.95. The van der Waals surface area contributed by atoms with Crippen LogP contribution in [-0.2, 0) is 0 Å². The van der Waals surface area contributed by atoms with E-state index in [1.807, 2.05) is 18.2 Å². The number of ether oxygens (including phenoxy) is 1. The zero-order chi connectivity index (χ0) is 22.0. The molecule has 158 valence electrons. The number of benzene rings is 3. The number of hydrogen-bond acceptors (Lipinski definition) is 6. The van der Waals surface area contributed by atoms with Crippen molar-refractivity contribution in [3.05, 3.63) is 83.2 Å². The lowest BCUT2D eigenvalue weighted by molar-refractivity contribution is 0.305. The standard InChI is InChI=1S/C23H20FN3O4/c1-31-17-12-20(22(24)21(29)13-17)26(9-10-28)16-7-8-19-18(11-16)23(30)27(14-25-19)15-5-3-2-4-6-15/h2-8,11-14,28-29H,9-10H2,1H3. The first-order chi connectivity index (χ1) is 15.0. The van der Waals surface area contributed by atoms with E-state index < -0.39 is 11.6 Å². The van der Waals surface area contributed by atoms with Crippen molar-refractivity contribution < 1.29 is 19.3 Å². The lowest BCUT2D eigenvalue weighted by Crippen LogP contribution is -2.23. The summed E-state index contributed by atoms with van der Waals surface area (Å²) < 4.78 is 21.3. The van der Waals surface area contributed by atoms with Crippen LogP contribution >= 0.6 is 0 Å². The van der Waals surface area contributed by atoms with Crippen LogP contribution in [0.3, 0.4) is 0 Å². The largest absolute Gasteiger partial charge is 0.505 e. The molecule has 4 aromatic rings. The van der Waals surface area contributed by atoms with Gasteiger partial charge in [0.25, 0.3) is 5.56 Å². The van der Waals surface area contributed by atoms with Crippen LogP contribution in [0.2, 0.25) is 0 Å². The topological polar surface area (TPSA) is 87.8 Å². The zero-order valence-electron chi connectivity index (χ0n) is 16.7. The number of aromatic hydroxyl groups is 1. The van der Waals surface area contributed by atoms with Crippen LogP contribution in [0.15, 0.2) is 71.8 Å². The maximum Gasteiger partial charge on any atom is 0.265 e. The molecule has 0 spiro atoms. The third-order valence-electron chi connectivity index (χ3n) is 4.95. The van der Waals surface area contributed by atoms with E-state index in [0.29, 0.717) is 22.3 Å². The molecular formula is C23H20FN3O4. The van der Waals surface area contributed by atoms with Crippen molar-refractivity contribution in [2.45, 2.75) is 0 Å². The molecular weight excluding hydrogens is 401 g/mol. The van der Waals surface area contributed by atoms with Crippen molar-refractivity contribution in [1.29, 1.82) is 0 Å². The summed E-state index contributed by atoms with van der Waals surface area (Å²) in [6, 6.07) is 16.6. The van der Waals surface area contributed by atoms with Crippen molar-refractivity contribution in [3.8, 4) is 17.2 Å². The van der Waals surface area contributed by atoms with E-state index >= 15 is 0 Å². The molecule has 0 amide bonds. The van der Waals surface area contributed by atoms with E-state index in [9.17, 15) is 19.4 Å². The first-order valence-electron chi connectivity index (χ1n) is 9.55. The van der Waals surface area contributed by atoms with Gasteiger partial charge in [-0.3, -0.25) is 9.36 Å².